The fourth-order valence-electron chi connectivity index (χ4n) is 5.08. The van der Waals surface area contributed by atoms with Gasteiger partial charge in [0.05, 0.1) is 21.4 Å². The fraction of sp³-hybridized carbons (Fsp3) is 0.400. The summed E-state index contributed by atoms with van der Waals surface area (Å²) in [5.41, 5.74) is 2.28. The maximum atomic E-state index is 13.5. The molecule has 1 atom stereocenters. The van der Waals surface area contributed by atoms with Crippen molar-refractivity contribution in [3.05, 3.63) is 63.8 Å². The summed E-state index contributed by atoms with van der Waals surface area (Å²) in [6, 6.07) is 10.8. The van der Waals surface area contributed by atoms with E-state index in [1.807, 2.05) is 39.0 Å². The van der Waals surface area contributed by atoms with Gasteiger partial charge in [-0.2, -0.15) is 4.98 Å². The second-order valence-corrected chi connectivity index (χ2v) is 13.0. The molecule has 2 amide bonds. The standard InChI is InChI=1S/C30H33Cl2N5O4/c1-29(2,3)23-13-11-17-10-12-18(14-22(17)37(23)28(39)41-30(4,5)6)34-27-33-15-19-25(35-27)40-16-36(26(19)38)24-20(31)8-7-9-21(24)32/h7-10,12,14-15,23H,11,13,16H2,1-6H3,(H,33,34,35). The van der Waals surface area contributed by atoms with Crippen LogP contribution in [0.4, 0.5) is 27.8 Å². The van der Waals surface area contributed by atoms with Crippen LogP contribution in [0.25, 0.3) is 0 Å². The van der Waals surface area contributed by atoms with Crippen LogP contribution in [0.5, 0.6) is 5.88 Å². The second-order valence-electron chi connectivity index (χ2n) is 12.2. The number of nitrogens with one attached hydrogen (secondary N) is 1. The number of amides is 2. The van der Waals surface area contributed by atoms with Crippen LogP contribution < -0.4 is 19.9 Å². The third kappa shape index (κ3) is 5.92. The number of hydrogen-bond donors (Lipinski definition) is 1. The smallest absolute Gasteiger partial charge is 0.415 e. The Morgan fingerprint density at radius 1 is 1.10 bits per heavy atom. The van der Waals surface area contributed by atoms with Crippen LogP contribution in [0.1, 0.15) is 63.9 Å². The molecule has 216 valence electrons. The minimum atomic E-state index is -0.631. The molecule has 9 nitrogen and oxygen atoms in total. The van der Waals surface area contributed by atoms with Gasteiger partial charge in [-0.3, -0.25) is 14.6 Å². The largest absolute Gasteiger partial charge is 0.455 e. The van der Waals surface area contributed by atoms with E-state index in [0.29, 0.717) is 21.4 Å². The van der Waals surface area contributed by atoms with Crippen molar-refractivity contribution in [2.45, 2.75) is 66.0 Å². The summed E-state index contributed by atoms with van der Waals surface area (Å²) in [6.45, 7) is 11.9. The van der Waals surface area contributed by atoms with E-state index in [4.69, 9.17) is 32.7 Å². The van der Waals surface area contributed by atoms with Crippen molar-refractivity contribution in [2.24, 2.45) is 5.41 Å². The van der Waals surface area contributed by atoms with Crippen LogP contribution in [-0.2, 0) is 11.2 Å². The first-order valence-corrected chi connectivity index (χ1v) is 14.2. The van der Waals surface area contributed by atoms with Gasteiger partial charge in [0.15, 0.2) is 6.73 Å². The molecule has 0 aliphatic carbocycles. The average Bonchev–Trinajstić information content (AvgIpc) is 2.87. The lowest BCUT2D eigenvalue weighted by Crippen LogP contribution is -2.51. The Hall–Kier alpha value is -3.56. The highest BCUT2D eigenvalue weighted by Crippen LogP contribution is 2.41. The average molecular weight is 599 g/mol. The molecule has 41 heavy (non-hydrogen) atoms. The molecule has 0 fully saturated rings. The molecule has 0 saturated carbocycles. The van der Waals surface area contributed by atoms with Gasteiger partial charge in [0, 0.05) is 17.9 Å². The number of hydrogen-bond acceptors (Lipinski definition) is 7. The van der Waals surface area contributed by atoms with Gasteiger partial charge in [0.1, 0.15) is 11.2 Å². The number of rotatable bonds is 3. The molecule has 1 aromatic heterocycles. The number of nitrogens with zero attached hydrogens (tertiary/aromatic N) is 4. The van der Waals surface area contributed by atoms with Crippen LogP contribution >= 0.6 is 23.2 Å². The van der Waals surface area contributed by atoms with Crippen molar-refractivity contribution < 1.29 is 19.1 Å². The van der Waals surface area contributed by atoms with E-state index in [0.717, 1.165) is 24.1 Å². The number of carbonyl (C=O) groups excluding carboxylic acids is 2. The van der Waals surface area contributed by atoms with Crippen LogP contribution in [0, 0.1) is 5.41 Å². The molecule has 3 heterocycles. The van der Waals surface area contributed by atoms with E-state index >= 15 is 0 Å². The molecule has 1 N–H and O–H groups in total. The Bertz CT molecular complexity index is 1500. The minimum Gasteiger partial charge on any atom is -0.455 e. The number of benzene rings is 2. The number of anilines is 4. The molecule has 0 radical (unpaired) electrons. The molecule has 0 saturated heterocycles. The molecule has 0 spiro atoms. The normalized spacial score (nSPS) is 17.0. The molecular weight excluding hydrogens is 565 g/mol. The van der Waals surface area contributed by atoms with Crippen molar-refractivity contribution in [1.82, 2.24) is 9.97 Å². The Morgan fingerprint density at radius 3 is 2.46 bits per heavy atom. The zero-order valence-electron chi connectivity index (χ0n) is 23.9. The highest BCUT2D eigenvalue weighted by atomic mass is 35.5. The first kappa shape index (κ1) is 29.0. The number of carbonyl (C=O) groups is 2. The Kier molecular flexibility index (Phi) is 7.55. The number of fused-ring (bicyclic) bond motifs is 2. The van der Waals surface area contributed by atoms with Crippen molar-refractivity contribution in [2.75, 3.05) is 21.8 Å². The number of aromatic nitrogens is 2. The lowest BCUT2D eigenvalue weighted by molar-refractivity contribution is 0.0531. The number of halogens is 2. The maximum Gasteiger partial charge on any atom is 0.415 e. The maximum absolute atomic E-state index is 13.5. The lowest BCUT2D eigenvalue weighted by atomic mass is 9.79. The van der Waals surface area contributed by atoms with Gasteiger partial charge in [-0.25, -0.2) is 9.78 Å². The molecule has 2 aliphatic heterocycles. The number of aryl methyl sites for hydroxylation is 1. The quantitative estimate of drug-likeness (QED) is 0.331. The summed E-state index contributed by atoms with van der Waals surface area (Å²) >= 11 is 12.6. The predicted molar refractivity (Wildman–Crippen MR) is 161 cm³/mol. The van der Waals surface area contributed by atoms with Crippen LogP contribution in [-0.4, -0.2) is 40.3 Å². The highest BCUT2D eigenvalue weighted by molar-refractivity contribution is 6.40. The molecule has 5 rings (SSSR count). The highest BCUT2D eigenvalue weighted by Gasteiger charge is 2.40. The van der Waals surface area contributed by atoms with E-state index in [1.165, 1.54) is 11.1 Å². The van der Waals surface area contributed by atoms with E-state index in [-0.39, 0.29) is 47.6 Å². The SMILES string of the molecule is CC(C)(C)OC(=O)N1c2cc(Nc3ncc4c(n3)OCN(c3c(Cl)cccc3Cl)C4=O)ccc2CCC1C(C)(C)C. The summed E-state index contributed by atoms with van der Waals surface area (Å²) < 4.78 is 11.6. The molecule has 0 bridgehead atoms. The topological polar surface area (TPSA) is 96.9 Å². The Balaban J connectivity index is 1.42. The summed E-state index contributed by atoms with van der Waals surface area (Å²) in [7, 11) is 0. The molecular formula is C30H33Cl2N5O4. The van der Waals surface area contributed by atoms with Gasteiger partial charge in [0.25, 0.3) is 5.91 Å². The summed E-state index contributed by atoms with van der Waals surface area (Å²) in [4.78, 5) is 38.6. The Labute approximate surface area is 249 Å². The number of para-hydroxylation sites is 1. The Morgan fingerprint density at radius 2 is 1.80 bits per heavy atom. The zero-order chi connectivity index (χ0) is 29.7. The monoisotopic (exact) mass is 597 g/mol. The molecule has 2 aliphatic rings. The van der Waals surface area contributed by atoms with E-state index in [1.54, 1.807) is 23.1 Å². The van der Waals surface area contributed by atoms with Gasteiger partial charge in [-0.1, -0.05) is 56.1 Å². The van der Waals surface area contributed by atoms with Crippen LogP contribution in [0.2, 0.25) is 10.0 Å². The van der Waals surface area contributed by atoms with Crippen molar-refractivity contribution in [3.63, 3.8) is 0 Å². The van der Waals surface area contributed by atoms with Crippen molar-refractivity contribution in [3.8, 4) is 5.88 Å². The van der Waals surface area contributed by atoms with Gasteiger partial charge >= 0.3 is 6.09 Å². The first-order valence-electron chi connectivity index (χ1n) is 13.4. The van der Waals surface area contributed by atoms with Crippen LogP contribution in [0.3, 0.4) is 0 Å². The lowest BCUT2D eigenvalue weighted by Gasteiger charge is -2.44. The van der Waals surface area contributed by atoms with E-state index in [9.17, 15) is 9.59 Å². The van der Waals surface area contributed by atoms with Gasteiger partial charge in [-0.05, 0) is 68.9 Å². The predicted octanol–water partition coefficient (Wildman–Crippen LogP) is 7.63. The molecule has 3 aromatic rings. The zero-order valence-corrected chi connectivity index (χ0v) is 25.4. The summed E-state index contributed by atoms with van der Waals surface area (Å²) in [5, 5.41) is 3.86. The molecule has 1 unspecified atom stereocenters. The van der Waals surface area contributed by atoms with Gasteiger partial charge < -0.3 is 14.8 Å². The molecule has 2 aromatic carbocycles. The van der Waals surface area contributed by atoms with E-state index in [2.05, 4.69) is 36.1 Å². The fourth-order valence-corrected chi connectivity index (χ4v) is 5.68. The molecule has 11 heteroatoms. The summed E-state index contributed by atoms with van der Waals surface area (Å²) in [5.74, 6) is 0.0172. The van der Waals surface area contributed by atoms with Crippen molar-refractivity contribution >= 4 is 58.2 Å². The third-order valence-corrected chi connectivity index (χ3v) is 7.57. The van der Waals surface area contributed by atoms with Crippen molar-refractivity contribution in [1.29, 1.82) is 0 Å². The second kappa shape index (κ2) is 10.7. The van der Waals surface area contributed by atoms with Gasteiger partial charge in [-0.15, -0.1) is 0 Å². The first-order chi connectivity index (χ1) is 19.2. The van der Waals surface area contributed by atoms with E-state index < -0.39 is 5.60 Å². The minimum absolute atomic E-state index is 0.0472. The van der Waals surface area contributed by atoms with Gasteiger partial charge in [0.2, 0.25) is 11.8 Å². The van der Waals surface area contributed by atoms with Crippen LogP contribution in [0.15, 0.2) is 42.6 Å². The number of ether oxygens (including phenoxy) is 2. The summed E-state index contributed by atoms with van der Waals surface area (Å²) in [6.07, 6.45) is 2.70. The third-order valence-electron chi connectivity index (χ3n) is 6.96.